The van der Waals surface area contributed by atoms with E-state index < -0.39 is 6.10 Å². The molecule has 2 saturated carbocycles. The zero-order valence-corrected chi connectivity index (χ0v) is 14.2. The fourth-order valence-corrected chi connectivity index (χ4v) is 6.49. The number of hydrogen-bond acceptors (Lipinski definition) is 3. The van der Waals surface area contributed by atoms with Crippen LogP contribution in [-0.4, -0.2) is 29.0 Å². The number of rotatable bonds is 0. The third-order valence-electron chi connectivity index (χ3n) is 7.87. The molecule has 0 radical (unpaired) electrons. The Morgan fingerprint density at radius 3 is 2.83 bits per heavy atom. The molecule has 2 N–H and O–H groups in total. The molecule has 6 atom stereocenters. The van der Waals surface area contributed by atoms with Gasteiger partial charge < -0.3 is 10.4 Å². The van der Waals surface area contributed by atoms with Crippen molar-refractivity contribution < 1.29 is 5.11 Å². The largest absolute Gasteiger partial charge is 0.390 e. The van der Waals surface area contributed by atoms with Crippen molar-refractivity contribution >= 4 is 11.9 Å². The fraction of sp³-hybridized carbons (Fsp3) is 0.650. The second-order valence-corrected chi connectivity index (χ2v) is 8.98. The van der Waals surface area contributed by atoms with Crippen molar-refractivity contribution in [3.8, 4) is 0 Å². The highest BCUT2D eigenvalue weighted by Gasteiger charge is 2.71. The van der Waals surface area contributed by atoms with Gasteiger partial charge in [0.1, 0.15) is 0 Å². The molecule has 2 heterocycles. The maximum Gasteiger partial charge on any atom is 0.0848 e. The van der Waals surface area contributed by atoms with Gasteiger partial charge in [0.05, 0.1) is 17.2 Å². The van der Waals surface area contributed by atoms with Gasteiger partial charge in [-0.2, -0.15) is 0 Å². The van der Waals surface area contributed by atoms with Crippen LogP contribution in [0.4, 0.5) is 5.69 Å². The van der Waals surface area contributed by atoms with E-state index in [0.717, 1.165) is 5.69 Å². The predicted molar refractivity (Wildman–Crippen MR) is 92.2 cm³/mol. The van der Waals surface area contributed by atoms with Crippen LogP contribution >= 0.6 is 0 Å². The number of piperidine rings is 1. The highest BCUT2D eigenvalue weighted by Crippen LogP contribution is 2.67. The molecule has 5 rings (SSSR count). The molecule has 2 bridgehead atoms. The van der Waals surface area contributed by atoms with Crippen LogP contribution in [0.25, 0.3) is 0 Å². The summed E-state index contributed by atoms with van der Waals surface area (Å²) in [5.74, 6) is 1.25. The molecule has 3 heteroatoms. The first kappa shape index (κ1) is 14.2. The zero-order chi connectivity index (χ0) is 16.0. The third kappa shape index (κ3) is 1.43. The molecule has 23 heavy (non-hydrogen) atoms. The quantitative estimate of drug-likeness (QED) is 0.773. The lowest BCUT2D eigenvalue weighted by molar-refractivity contribution is -0.00473. The third-order valence-corrected chi connectivity index (χ3v) is 7.87. The number of nitrogens with zero attached hydrogens (tertiary/aromatic N) is 1. The number of para-hydroxylation sites is 1. The lowest BCUT2D eigenvalue weighted by atomic mass is 9.52. The van der Waals surface area contributed by atoms with Gasteiger partial charge in [-0.05, 0) is 62.0 Å². The topological polar surface area (TPSA) is 44.6 Å². The molecule has 2 aliphatic carbocycles. The Bertz CT molecular complexity index is 711. The van der Waals surface area contributed by atoms with E-state index in [4.69, 9.17) is 4.99 Å². The highest BCUT2D eigenvalue weighted by molar-refractivity contribution is 5.88. The molecular formula is C20H26N2O. The number of aliphatic hydroxyl groups excluding tert-OH is 1. The van der Waals surface area contributed by atoms with E-state index in [1.165, 1.54) is 24.8 Å². The van der Waals surface area contributed by atoms with Gasteiger partial charge in [-0.15, -0.1) is 0 Å². The van der Waals surface area contributed by atoms with Crippen molar-refractivity contribution in [2.24, 2.45) is 22.2 Å². The second-order valence-electron chi connectivity index (χ2n) is 8.98. The van der Waals surface area contributed by atoms with Gasteiger partial charge >= 0.3 is 0 Å². The van der Waals surface area contributed by atoms with Crippen molar-refractivity contribution in [2.75, 3.05) is 0 Å². The Kier molecular flexibility index (Phi) is 2.51. The Hall–Kier alpha value is -1.19. The van der Waals surface area contributed by atoms with Gasteiger partial charge in [0.15, 0.2) is 0 Å². The number of nitrogens with one attached hydrogen (secondary N) is 1. The molecule has 0 amide bonds. The molecule has 0 aromatic heterocycles. The van der Waals surface area contributed by atoms with Crippen LogP contribution in [0.15, 0.2) is 29.3 Å². The summed E-state index contributed by atoms with van der Waals surface area (Å²) < 4.78 is 0. The van der Waals surface area contributed by atoms with Crippen molar-refractivity contribution in [1.82, 2.24) is 5.32 Å². The maximum atomic E-state index is 11.5. The summed E-state index contributed by atoms with van der Waals surface area (Å²) in [5, 5.41) is 15.3. The van der Waals surface area contributed by atoms with Crippen molar-refractivity contribution in [3.63, 3.8) is 0 Å². The zero-order valence-electron chi connectivity index (χ0n) is 14.2. The van der Waals surface area contributed by atoms with Gasteiger partial charge in [-0.25, -0.2) is 0 Å². The van der Waals surface area contributed by atoms with E-state index >= 15 is 0 Å². The SMILES string of the molecule is CC1(C)NC2C3CC1CCC3(C)C1(C=Nc3ccccc31)C2O. The van der Waals surface area contributed by atoms with Gasteiger partial charge in [0.2, 0.25) is 0 Å². The van der Waals surface area contributed by atoms with Crippen LogP contribution in [0.2, 0.25) is 0 Å². The van der Waals surface area contributed by atoms with Crippen molar-refractivity contribution in [2.45, 2.75) is 63.1 Å². The Morgan fingerprint density at radius 2 is 2.00 bits per heavy atom. The number of aliphatic imine (C=N–C) groups is 1. The lowest BCUT2D eigenvalue weighted by Gasteiger charge is -2.55. The Balaban J connectivity index is 1.72. The molecule has 1 saturated heterocycles. The standard InChI is InChI=1S/C20H26N2O/c1-18(2)12-8-9-19(3)14(10-12)16(22-18)17(23)20(19)11-21-15-7-5-4-6-13(15)20/h4-7,11-12,14,16-17,22-23H,8-10H2,1-3H3. The van der Waals surface area contributed by atoms with Crippen LogP contribution in [0.1, 0.15) is 45.6 Å². The van der Waals surface area contributed by atoms with Crippen molar-refractivity contribution in [3.05, 3.63) is 29.8 Å². The van der Waals surface area contributed by atoms with E-state index in [-0.39, 0.29) is 22.4 Å². The summed E-state index contributed by atoms with van der Waals surface area (Å²) in [5.41, 5.74) is 2.17. The van der Waals surface area contributed by atoms with Crippen molar-refractivity contribution in [1.29, 1.82) is 0 Å². The minimum atomic E-state index is -0.400. The molecule has 3 nitrogen and oxygen atoms in total. The normalized spacial score (nSPS) is 48.7. The smallest absolute Gasteiger partial charge is 0.0848 e. The second kappa shape index (κ2) is 4.07. The number of hydrogen-bond donors (Lipinski definition) is 2. The summed E-state index contributed by atoms with van der Waals surface area (Å²) in [6.07, 6.45) is 5.35. The molecule has 2 aliphatic heterocycles. The minimum Gasteiger partial charge on any atom is -0.390 e. The minimum absolute atomic E-state index is 0.0905. The predicted octanol–water partition coefficient (Wildman–Crippen LogP) is 3.19. The first-order valence-corrected chi connectivity index (χ1v) is 9.01. The van der Waals surface area contributed by atoms with E-state index in [1.54, 1.807) is 0 Å². The molecular weight excluding hydrogens is 284 g/mol. The van der Waals surface area contributed by atoms with Crippen LogP contribution < -0.4 is 5.32 Å². The average Bonchev–Trinajstić information content (AvgIpc) is 3.00. The van der Waals surface area contributed by atoms with E-state index in [9.17, 15) is 5.11 Å². The Labute approximate surface area is 138 Å². The van der Waals surface area contributed by atoms with Crippen LogP contribution in [0.3, 0.4) is 0 Å². The first-order valence-electron chi connectivity index (χ1n) is 9.01. The molecule has 1 spiro atoms. The maximum absolute atomic E-state index is 11.5. The molecule has 6 unspecified atom stereocenters. The van der Waals surface area contributed by atoms with Gasteiger partial charge in [-0.1, -0.05) is 25.1 Å². The summed E-state index contributed by atoms with van der Waals surface area (Å²) in [6.45, 7) is 7.03. The fourth-order valence-electron chi connectivity index (χ4n) is 6.49. The summed E-state index contributed by atoms with van der Waals surface area (Å²) in [4.78, 5) is 4.73. The number of aliphatic hydroxyl groups is 1. The van der Waals surface area contributed by atoms with E-state index in [2.05, 4.69) is 50.5 Å². The number of fused-ring (bicyclic) bond motifs is 4. The van der Waals surface area contributed by atoms with E-state index in [0.29, 0.717) is 11.8 Å². The van der Waals surface area contributed by atoms with Gasteiger partial charge in [0, 0.05) is 17.8 Å². The van der Waals surface area contributed by atoms with Crippen LogP contribution in [-0.2, 0) is 5.41 Å². The molecule has 1 aromatic carbocycles. The first-order chi connectivity index (χ1) is 10.9. The molecule has 1 aromatic rings. The average molecular weight is 310 g/mol. The summed E-state index contributed by atoms with van der Waals surface area (Å²) in [7, 11) is 0. The summed E-state index contributed by atoms with van der Waals surface area (Å²) >= 11 is 0. The molecule has 122 valence electrons. The lowest BCUT2D eigenvalue weighted by Crippen LogP contribution is -2.62. The Morgan fingerprint density at radius 1 is 1.22 bits per heavy atom. The molecule has 3 fully saturated rings. The monoisotopic (exact) mass is 310 g/mol. The highest BCUT2D eigenvalue weighted by atomic mass is 16.3. The molecule has 4 aliphatic rings. The van der Waals surface area contributed by atoms with Gasteiger partial charge in [-0.3, -0.25) is 4.99 Å². The van der Waals surface area contributed by atoms with E-state index in [1.807, 2.05) is 6.07 Å². The van der Waals surface area contributed by atoms with Crippen LogP contribution in [0, 0.1) is 17.3 Å². The van der Waals surface area contributed by atoms with Gasteiger partial charge in [0.25, 0.3) is 0 Å². The van der Waals surface area contributed by atoms with Crippen LogP contribution in [0.5, 0.6) is 0 Å². The summed E-state index contributed by atoms with van der Waals surface area (Å²) in [6, 6.07) is 8.58. The number of benzene rings is 1.